The number of amides is 2. The van der Waals surface area contributed by atoms with Crippen molar-refractivity contribution in [1.29, 1.82) is 0 Å². The van der Waals surface area contributed by atoms with Crippen molar-refractivity contribution < 1.29 is 22.8 Å². The van der Waals surface area contributed by atoms with E-state index >= 15 is 0 Å². The molecule has 6 nitrogen and oxygen atoms in total. The van der Waals surface area contributed by atoms with E-state index in [9.17, 15) is 22.8 Å². The molecule has 0 aromatic heterocycles. The molecule has 0 saturated carbocycles. The highest BCUT2D eigenvalue weighted by Gasteiger charge is 2.34. The molecule has 3 rings (SSSR count). The maximum absolute atomic E-state index is 13.0. The third kappa shape index (κ3) is 6.45. The van der Waals surface area contributed by atoms with Gasteiger partial charge in [0.05, 0.1) is 11.3 Å². The molecule has 0 radical (unpaired) electrons. The summed E-state index contributed by atoms with van der Waals surface area (Å²) in [6.45, 7) is 4.66. The van der Waals surface area contributed by atoms with Crippen LogP contribution in [-0.2, 0) is 15.8 Å². The second-order valence-electron chi connectivity index (χ2n) is 7.27. The van der Waals surface area contributed by atoms with Gasteiger partial charge in [0.15, 0.2) is 0 Å². The van der Waals surface area contributed by atoms with E-state index in [1.165, 1.54) is 17.8 Å². The summed E-state index contributed by atoms with van der Waals surface area (Å²) in [6, 6.07) is 14.7. The standard InChI is InChI=1S/C22H25F3N4O2/c23-22(24,25)18-9-4-5-10-19(18)27-21(31)20(30)26-11-6-12-28-13-15-29(16-14-28)17-7-2-1-3-8-17/h1-5,7-10H,6,11-16H2,(H,26,30)(H,27,31). The van der Waals surface area contributed by atoms with Gasteiger partial charge in [0.2, 0.25) is 0 Å². The van der Waals surface area contributed by atoms with Crippen molar-refractivity contribution >= 4 is 23.2 Å². The van der Waals surface area contributed by atoms with Gasteiger partial charge in [-0.1, -0.05) is 30.3 Å². The molecule has 2 N–H and O–H groups in total. The Morgan fingerprint density at radius 1 is 0.871 bits per heavy atom. The predicted octanol–water partition coefficient (Wildman–Crippen LogP) is 2.97. The summed E-state index contributed by atoms with van der Waals surface area (Å²) in [7, 11) is 0. The number of nitrogens with zero attached hydrogens (tertiary/aromatic N) is 2. The molecule has 31 heavy (non-hydrogen) atoms. The molecule has 2 aromatic carbocycles. The van der Waals surface area contributed by atoms with E-state index < -0.39 is 29.2 Å². The van der Waals surface area contributed by atoms with Crippen molar-refractivity contribution in [2.75, 3.05) is 49.5 Å². The van der Waals surface area contributed by atoms with Gasteiger partial charge < -0.3 is 15.5 Å². The van der Waals surface area contributed by atoms with Gasteiger partial charge in [-0.15, -0.1) is 0 Å². The van der Waals surface area contributed by atoms with Crippen LogP contribution in [0, 0.1) is 0 Å². The molecule has 1 aliphatic heterocycles. The molecule has 0 unspecified atom stereocenters. The zero-order chi connectivity index (χ0) is 22.3. The Labute approximate surface area is 179 Å². The minimum Gasteiger partial charge on any atom is -0.369 e. The Balaban J connectivity index is 1.37. The highest BCUT2D eigenvalue weighted by Crippen LogP contribution is 2.34. The second kappa shape index (κ2) is 10.3. The zero-order valence-electron chi connectivity index (χ0n) is 17.0. The van der Waals surface area contributed by atoms with Crippen LogP contribution in [0.15, 0.2) is 54.6 Å². The fourth-order valence-corrected chi connectivity index (χ4v) is 3.47. The number of rotatable bonds is 6. The smallest absolute Gasteiger partial charge is 0.369 e. The first kappa shape index (κ1) is 22.6. The maximum atomic E-state index is 13.0. The minimum atomic E-state index is -4.62. The fraction of sp³-hybridized carbons (Fsp3) is 0.364. The summed E-state index contributed by atoms with van der Waals surface area (Å²) >= 11 is 0. The zero-order valence-corrected chi connectivity index (χ0v) is 17.0. The van der Waals surface area contributed by atoms with Crippen molar-refractivity contribution in [3.63, 3.8) is 0 Å². The SMILES string of the molecule is O=C(NCCCN1CCN(c2ccccc2)CC1)C(=O)Nc1ccccc1C(F)(F)F. The number of hydrogen-bond donors (Lipinski definition) is 2. The average Bonchev–Trinajstić information content (AvgIpc) is 2.77. The van der Waals surface area contributed by atoms with Crippen molar-refractivity contribution in [2.24, 2.45) is 0 Å². The third-order valence-electron chi connectivity index (χ3n) is 5.12. The van der Waals surface area contributed by atoms with Crippen LogP contribution < -0.4 is 15.5 Å². The summed E-state index contributed by atoms with van der Waals surface area (Å²) in [4.78, 5) is 28.5. The molecule has 1 aliphatic rings. The molecule has 0 atom stereocenters. The van der Waals surface area contributed by atoms with Crippen LogP contribution >= 0.6 is 0 Å². The molecule has 2 amide bonds. The lowest BCUT2D eigenvalue weighted by Gasteiger charge is -2.36. The summed E-state index contributed by atoms with van der Waals surface area (Å²) in [5.41, 5.74) is -0.232. The number of alkyl halides is 3. The van der Waals surface area contributed by atoms with Crippen LogP contribution in [0.3, 0.4) is 0 Å². The van der Waals surface area contributed by atoms with Gasteiger partial charge in [-0.2, -0.15) is 13.2 Å². The first-order chi connectivity index (χ1) is 14.8. The van der Waals surface area contributed by atoms with Crippen molar-refractivity contribution in [3.05, 3.63) is 60.2 Å². The highest BCUT2D eigenvalue weighted by molar-refractivity contribution is 6.39. The second-order valence-corrected chi connectivity index (χ2v) is 7.27. The number of hydrogen-bond acceptors (Lipinski definition) is 4. The Bertz CT molecular complexity index is 882. The Morgan fingerprint density at radius 3 is 2.19 bits per heavy atom. The van der Waals surface area contributed by atoms with E-state index in [4.69, 9.17) is 0 Å². The number of nitrogens with one attached hydrogen (secondary N) is 2. The van der Waals surface area contributed by atoms with E-state index in [-0.39, 0.29) is 6.54 Å². The van der Waals surface area contributed by atoms with Crippen LogP contribution in [0.25, 0.3) is 0 Å². The molecule has 166 valence electrons. The lowest BCUT2D eigenvalue weighted by Crippen LogP contribution is -2.47. The first-order valence-corrected chi connectivity index (χ1v) is 10.1. The van der Waals surface area contributed by atoms with E-state index in [1.807, 2.05) is 23.5 Å². The molecule has 2 aromatic rings. The van der Waals surface area contributed by atoms with Crippen LogP contribution in [-0.4, -0.2) is 56.0 Å². The Hall–Kier alpha value is -3.07. The van der Waals surface area contributed by atoms with Gasteiger partial charge in [-0.25, -0.2) is 0 Å². The predicted molar refractivity (Wildman–Crippen MR) is 113 cm³/mol. The largest absolute Gasteiger partial charge is 0.418 e. The molecule has 1 saturated heterocycles. The topological polar surface area (TPSA) is 64.7 Å². The van der Waals surface area contributed by atoms with Gasteiger partial charge in [0, 0.05) is 38.4 Å². The summed E-state index contributed by atoms with van der Waals surface area (Å²) in [5.74, 6) is -2.07. The first-order valence-electron chi connectivity index (χ1n) is 10.1. The molecule has 0 bridgehead atoms. The van der Waals surface area contributed by atoms with E-state index in [1.54, 1.807) is 0 Å². The lowest BCUT2D eigenvalue weighted by molar-refractivity contribution is -0.138. The van der Waals surface area contributed by atoms with Gasteiger partial charge in [-0.3, -0.25) is 14.5 Å². The van der Waals surface area contributed by atoms with Crippen LogP contribution in [0.2, 0.25) is 0 Å². The Kier molecular flexibility index (Phi) is 7.51. The Morgan fingerprint density at radius 2 is 1.52 bits per heavy atom. The third-order valence-corrected chi connectivity index (χ3v) is 5.12. The summed E-state index contributed by atoms with van der Waals surface area (Å²) in [5, 5.41) is 4.51. The molecule has 1 fully saturated rings. The summed E-state index contributed by atoms with van der Waals surface area (Å²) in [6.07, 6.45) is -3.98. The van der Waals surface area contributed by atoms with E-state index in [2.05, 4.69) is 27.2 Å². The highest BCUT2D eigenvalue weighted by atomic mass is 19.4. The van der Waals surface area contributed by atoms with Crippen molar-refractivity contribution in [1.82, 2.24) is 10.2 Å². The number of benzene rings is 2. The van der Waals surface area contributed by atoms with Crippen LogP contribution in [0.1, 0.15) is 12.0 Å². The molecule has 9 heteroatoms. The van der Waals surface area contributed by atoms with Crippen LogP contribution in [0.5, 0.6) is 0 Å². The number of halogens is 3. The lowest BCUT2D eigenvalue weighted by atomic mass is 10.1. The van der Waals surface area contributed by atoms with Crippen molar-refractivity contribution in [2.45, 2.75) is 12.6 Å². The minimum absolute atomic E-state index is 0.270. The summed E-state index contributed by atoms with van der Waals surface area (Å²) < 4.78 is 39.0. The number of para-hydroxylation sites is 2. The molecule has 1 heterocycles. The number of piperazine rings is 1. The van der Waals surface area contributed by atoms with Gasteiger partial charge >= 0.3 is 18.0 Å². The average molecular weight is 434 g/mol. The van der Waals surface area contributed by atoms with E-state index in [0.29, 0.717) is 6.42 Å². The number of carbonyl (C=O) groups is 2. The molecular formula is C22H25F3N4O2. The molecular weight excluding hydrogens is 409 g/mol. The maximum Gasteiger partial charge on any atom is 0.418 e. The van der Waals surface area contributed by atoms with E-state index in [0.717, 1.165) is 44.9 Å². The van der Waals surface area contributed by atoms with Crippen LogP contribution in [0.4, 0.5) is 24.5 Å². The normalized spacial score (nSPS) is 14.9. The number of carbonyl (C=O) groups excluding carboxylic acids is 2. The fourth-order valence-electron chi connectivity index (χ4n) is 3.47. The van der Waals surface area contributed by atoms with Gasteiger partial charge in [-0.05, 0) is 37.2 Å². The number of anilines is 2. The van der Waals surface area contributed by atoms with Gasteiger partial charge in [0.1, 0.15) is 0 Å². The monoisotopic (exact) mass is 434 g/mol. The molecule has 0 aliphatic carbocycles. The molecule has 0 spiro atoms. The van der Waals surface area contributed by atoms with Crippen molar-refractivity contribution in [3.8, 4) is 0 Å². The quantitative estimate of drug-likeness (QED) is 0.542. The van der Waals surface area contributed by atoms with Gasteiger partial charge in [0.25, 0.3) is 0 Å².